The average molecular weight is 429 g/mol. The van der Waals surface area contributed by atoms with Gasteiger partial charge in [0.25, 0.3) is 5.91 Å². The Morgan fingerprint density at radius 1 is 1.06 bits per heavy atom. The Morgan fingerprint density at radius 2 is 1.68 bits per heavy atom. The number of ether oxygens (including phenoxy) is 2. The highest BCUT2D eigenvalue weighted by Crippen LogP contribution is 2.19. The van der Waals surface area contributed by atoms with E-state index in [9.17, 15) is 14.0 Å². The summed E-state index contributed by atoms with van der Waals surface area (Å²) in [6.45, 7) is 1.68. The number of benzene rings is 2. The summed E-state index contributed by atoms with van der Waals surface area (Å²) in [4.78, 5) is 27.3. The largest absolute Gasteiger partial charge is 0.497 e. The summed E-state index contributed by atoms with van der Waals surface area (Å²) in [6.07, 6.45) is 4.14. The van der Waals surface area contributed by atoms with Gasteiger partial charge < -0.3 is 19.7 Å². The number of hydrogen-bond donors (Lipinski definition) is 1. The molecule has 0 saturated heterocycles. The van der Waals surface area contributed by atoms with Crippen molar-refractivity contribution in [3.8, 4) is 11.5 Å². The van der Waals surface area contributed by atoms with E-state index in [0.717, 1.165) is 31.2 Å². The van der Waals surface area contributed by atoms with Gasteiger partial charge in [-0.3, -0.25) is 9.59 Å². The second-order valence-electron chi connectivity index (χ2n) is 7.78. The summed E-state index contributed by atoms with van der Waals surface area (Å²) >= 11 is 0. The first kappa shape index (κ1) is 22.6. The lowest BCUT2D eigenvalue weighted by Crippen LogP contribution is -2.50. The second kappa shape index (κ2) is 10.8. The molecule has 1 aliphatic rings. The number of methoxy groups -OCH3 is 1. The zero-order valence-corrected chi connectivity index (χ0v) is 18.0. The van der Waals surface area contributed by atoms with E-state index in [2.05, 4.69) is 5.32 Å². The van der Waals surface area contributed by atoms with Gasteiger partial charge in [-0.25, -0.2) is 4.39 Å². The third-order valence-corrected chi connectivity index (χ3v) is 5.56. The van der Waals surface area contributed by atoms with E-state index in [-0.39, 0.29) is 36.8 Å². The van der Waals surface area contributed by atoms with Gasteiger partial charge in [0.2, 0.25) is 5.91 Å². The van der Waals surface area contributed by atoms with Crippen LogP contribution >= 0.6 is 0 Å². The molecule has 31 heavy (non-hydrogen) atoms. The van der Waals surface area contributed by atoms with E-state index in [4.69, 9.17) is 9.47 Å². The molecule has 3 rings (SSSR count). The summed E-state index contributed by atoms with van der Waals surface area (Å²) in [5.74, 6) is 0.352. The van der Waals surface area contributed by atoms with Crippen LogP contribution in [0.1, 0.15) is 38.2 Å². The molecule has 6 nitrogen and oxygen atoms in total. The van der Waals surface area contributed by atoms with E-state index >= 15 is 0 Å². The number of carbonyl (C=O) groups excluding carboxylic acids is 2. The van der Waals surface area contributed by atoms with Crippen molar-refractivity contribution >= 4 is 11.8 Å². The molecule has 1 saturated carbocycles. The molecule has 0 spiro atoms. The minimum atomic E-state index is -0.683. The van der Waals surface area contributed by atoms with Gasteiger partial charge in [0.1, 0.15) is 23.4 Å². The number of nitrogens with zero attached hydrogens (tertiary/aromatic N) is 1. The molecule has 1 atom stereocenters. The summed E-state index contributed by atoms with van der Waals surface area (Å²) in [7, 11) is 1.57. The zero-order valence-electron chi connectivity index (χ0n) is 18.0. The van der Waals surface area contributed by atoms with E-state index in [1.165, 1.54) is 17.0 Å². The third kappa shape index (κ3) is 6.44. The van der Waals surface area contributed by atoms with E-state index in [0.29, 0.717) is 11.5 Å². The van der Waals surface area contributed by atoms with Crippen molar-refractivity contribution in [2.45, 2.75) is 51.2 Å². The number of amides is 2. The van der Waals surface area contributed by atoms with Crippen LogP contribution in [0.25, 0.3) is 0 Å². The van der Waals surface area contributed by atoms with Gasteiger partial charge in [-0.05, 0) is 61.7 Å². The molecular weight excluding hydrogens is 399 g/mol. The number of rotatable bonds is 9. The monoisotopic (exact) mass is 428 g/mol. The third-order valence-electron chi connectivity index (χ3n) is 5.56. The minimum absolute atomic E-state index is 0.160. The van der Waals surface area contributed by atoms with Crippen molar-refractivity contribution in [1.29, 1.82) is 0 Å². The van der Waals surface area contributed by atoms with Crippen LogP contribution in [0.5, 0.6) is 11.5 Å². The fourth-order valence-corrected chi connectivity index (χ4v) is 3.66. The lowest BCUT2D eigenvalue weighted by molar-refractivity contribution is -0.142. The minimum Gasteiger partial charge on any atom is -0.497 e. The summed E-state index contributed by atoms with van der Waals surface area (Å²) in [5.41, 5.74) is 0.736. The number of halogens is 1. The molecular formula is C24H29FN2O4. The standard InChI is InChI=1S/C24H29FN2O4/c1-17(24(29)26-20-5-3-4-6-20)27(15-18-7-9-19(25)10-8-18)23(28)16-31-22-13-11-21(30-2)12-14-22/h7-14,17,20H,3-6,15-16H2,1-2H3,(H,26,29)/t17-/m0/s1. The Balaban J connectivity index is 1.68. The van der Waals surface area contributed by atoms with Crippen LogP contribution in [0.3, 0.4) is 0 Å². The van der Waals surface area contributed by atoms with E-state index in [1.54, 1.807) is 50.4 Å². The van der Waals surface area contributed by atoms with E-state index < -0.39 is 6.04 Å². The van der Waals surface area contributed by atoms with Gasteiger partial charge in [0, 0.05) is 12.6 Å². The predicted octanol–water partition coefficient (Wildman–Crippen LogP) is 3.69. The molecule has 1 fully saturated rings. The highest BCUT2D eigenvalue weighted by Gasteiger charge is 2.28. The molecule has 0 bridgehead atoms. The number of hydrogen-bond acceptors (Lipinski definition) is 4. The van der Waals surface area contributed by atoms with Crippen LogP contribution in [0.15, 0.2) is 48.5 Å². The lowest BCUT2D eigenvalue weighted by atomic mass is 10.1. The van der Waals surface area contributed by atoms with Crippen molar-refractivity contribution in [3.63, 3.8) is 0 Å². The van der Waals surface area contributed by atoms with Gasteiger partial charge in [-0.2, -0.15) is 0 Å². The molecule has 166 valence electrons. The maximum absolute atomic E-state index is 13.3. The van der Waals surface area contributed by atoms with Crippen molar-refractivity contribution in [2.75, 3.05) is 13.7 Å². The van der Waals surface area contributed by atoms with Crippen LogP contribution in [-0.4, -0.2) is 42.5 Å². The molecule has 2 aromatic carbocycles. The van der Waals surface area contributed by atoms with Crippen molar-refractivity contribution in [3.05, 3.63) is 59.9 Å². The lowest BCUT2D eigenvalue weighted by Gasteiger charge is -2.29. The fraction of sp³-hybridized carbons (Fsp3) is 0.417. The Labute approximate surface area is 182 Å². The maximum Gasteiger partial charge on any atom is 0.261 e. The highest BCUT2D eigenvalue weighted by atomic mass is 19.1. The highest BCUT2D eigenvalue weighted by molar-refractivity contribution is 5.88. The van der Waals surface area contributed by atoms with Crippen LogP contribution in [0, 0.1) is 5.82 Å². The first-order valence-corrected chi connectivity index (χ1v) is 10.6. The van der Waals surface area contributed by atoms with Crippen molar-refractivity contribution < 1.29 is 23.5 Å². The molecule has 0 heterocycles. The summed E-state index contributed by atoms with van der Waals surface area (Å²) in [5, 5.41) is 3.05. The topological polar surface area (TPSA) is 67.9 Å². The van der Waals surface area contributed by atoms with Crippen molar-refractivity contribution in [1.82, 2.24) is 10.2 Å². The Bertz CT molecular complexity index is 864. The van der Waals surface area contributed by atoms with Gasteiger partial charge in [0.05, 0.1) is 7.11 Å². The second-order valence-corrected chi connectivity index (χ2v) is 7.78. The normalized spacial score (nSPS) is 14.7. The van der Waals surface area contributed by atoms with Gasteiger partial charge in [0.15, 0.2) is 6.61 Å². The smallest absolute Gasteiger partial charge is 0.261 e. The molecule has 2 aromatic rings. The maximum atomic E-state index is 13.3. The molecule has 0 aliphatic heterocycles. The Hall–Kier alpha value is -3.09. The number of carbonyl (C=O) groups is 2. The molecule has 1 aliphatic carbocycles. The SMILES string of the molecule is COc1ccc(OCC(=O)N(Cc2ccc(F)cc2)[C@@H](C)C(=O)NC2CCCC2)cc1. The first-order valence-electron chi connectivity index (χ1n) is 10.6. The fourth-order valence-electron chi connectivity index (χ4n) is 3.66. The van der Waals surface area contributed by atoms with E-state index in [1.807, 2.05) is 0 Å². The average Bonchev–Trinajstić information content (AvgIpc) is 3.30. The van der Waals surface area contributed by atoms with Crippen molar-refractivity contribution in [2.24, 2.45) is 0 Å². The molecule has 7 heteroatoms. The molecule has 0 radical (unpaired) electrons. The Morgan fingerprint density at radius 3 is 2.29 bits per heavy atom. The van der Waals surface area contributed by atoms with Gasteiger partial charge in [-0.1, -0.05) is 25.0 Å². The molecule has 0 unspecified atom stereocenters. The summed E-state index contributed by atoms with van der Waals surface area (Å²) < 4.78 is 24.0. The van der Waals surface area contributed by atoms with Gasteiger partial charge >= 0.3 is 0 Å². The first-order chi connectivity index (χ1) is 15.0. The van der Waals surface area contributed by atoms with Crippen LogP contribution < -0.4 is 14.8 Å². The predicted molar refractivity (Wildman–Crippen MR) is 115 cm³/mol. The van der Waals surface area contributed by atoms with Crippen LogP contribution in [0.4, 0.5) is 4.39 Å². The molecule has 0 aromatic heterocycles. The Kier molecular flexibility index (Phi) is 7.87. The van der Waals surface area contributed by atoms with Crippen LogP contribution in [-0.2, 0) is 16.1 Å². The quantitative estimate of drug-likeness (QED) is 0.662. The molecule has 1 N–H and O–H groups in total. The molecule has 2 amide bonds. The van der Waals surface area contributed by atoms with Gasteiger partial charge in [-0.15, -0.1) is 0 Å². The summed E-state index contributed by atoms with van der Waals surface area (Å²) in [6, 6.07) is 12.3. The zero-order chi connectivity index (χ0) is 22.2. The van der Waals surface area contributed by atoms with Crippen LogP contribution in [0.2, 0.25) is 0 Å². The number of nitrogens with one attached hydrogen (secondary N) is 1.